The van der Waals surface area contributed by atoms with Crippen LogP contribution in [0, 0.1) is 0 Å². The second-order valence-electron chi connectivity index (χ2n) is 5.24. The Kier molecular flexibility index (Phi) is 8.96. The molecule has 0 radical (unpaired) electrons. The molecule has 3 rings (SSSR count). The summed E-state index contributed by atoms with van der Waals surface area (Å²) < 4.78 is 64.4. The van der Waals surface area contributed by atoms with Crippen LogP contribution in [0.2, 0.25) is 0 Å². The Hall–Kier alpha value is -3.17. The van der Waals surface area contributed by atoms with Gasteiger partial charge >= 0.3 is 24.3 Å². The van der Waals surface area contributed by atoms with Gasteiger partial charge in [0.15, 0.2) is 5.96 Å². The Bertz CT molecular complexity index is 943. The van der Waals surface area contributed by atoms with Gasteiger partial charge < -0.3 is 20.8 Å². The van der Waals surface area contributed by atoms with Crippen LogP contribution in [0.25, 0.3) is 11.0 Å². The molecule has 0 unspecified atom stereocenters. The summed E-state index contributed by atoms with van der Waals surface area (Å²) in [6, 6.07) is 3.90. The number of nitrogens with zero attached hydrogens (tertiary/aromatic N) is 3. The maximum atomic E-state index is 10.6. The molecule has 0 saturated carbocycles. The van der Waals surface area contributed by atoms with E-state index < -0.39 is 24.3 Å². The topological polar surface area (TPSA) is 137 Å². The smallest absolute Gasteiger partial charge is 0.475 e. The highest BCUT2D eigenvalue weighted by atomic mass is 79.9. The molecule has 1 aliphatic heterocycles. The first-order valence-corrected chi connectivity index (χ1v) is 8.57. The van der Waals surface area contributed by atoms with Crippen LogP contribution in [-0.4, -0.2) is 63.5 Å². The first-order valence-electron chi connectivity index (χ1n) is 7.78. The minimum absolute atomic E-state index is 0.800. The van der Waals surface area contributed by atoms with Crippen LogP contribution in [0.3, 0.4) is 0 Å². The molecule has 2 heterocycles. The van der Waals surface area contributed by atoms with Crippen molar-refractivity contribution in [2.45, 2.75) is 12.4 Å². The molecule has 1 aromatic carbocycles. The second kappa shape index (κ2) is 10.7. The van der Waals surface area contributed by atoms with Gasteiger partial charge in [0.05, 0.1) is 22.2 Å². The van der Waals surface area contributed by atoms with Crippen molar-refractivity contribution in [2.75, 3.05) is 18.4 Å². The number of guanidine groups is 1. The standard InChI is InChI=1S/C11H10BrN5.2C2HF3O2/c12-9-7(17-11-15-5-6-16-11)1-2-8-10(9)14-4-3-13-8;2*3-2(4,5)1(6)7/h1-4H,5-6H2,(H2,15,16,17);2*(H,6,7). The number of fused-ring (bicyclic) bond motifs is 1. The third-order valence-electron chi connectivity index (χ3n) is 2.99. The number of benzene rings is 1. The summed E-state index contributed by atoms with van der Waals surface area (Å²) in [5.74, 6) is -4.71. The average molecular weight is 520 g/mol. The number of carboxylic acid groups (broad SMARTS) is 2. The molecule has 2 aromatic rings. The van der Waals surface area contributed by atoms with E-state index in [4.69, 9.17) is 19.8 Å². The van der Waals surface area contributed by atoms with Crippen molar-refractivity contribution in [3.63, 3.8) is 0 Å². The van der Waals surface area contributed by atoms with E-state index in [-0.39, 0.29) is 0 Å². The number of anilines is 1. The van der Waals surface area contributed by atoms with Crippen LogP contribution >= 0.6 is 15.9 Å². The van der Waals surface area contributed by atoms with Gasteiger partial charge in [-0.25, -0.2) is 9.59 Å². The molecular formula is C15H12BrF6N5O4. The molecule has 0 amide bonds. The fourth-order valence-corrected chi connectivity index (χ4v) is 2.25. The van der Waals surface area contributed by atoms with Crippen molar-refractivity contribution in [3.8, 4) is 0 Å². The van der Waals surface area contributed by atoms with Gasteiger partial charge in [0.1, 0.15) is 5.52 Å². The van der Waals surface area contributed by atoms with E-state index in [0.717, 1.165) is 40.2 Å². The average Bonchev–Trinajstić information content (AvgIpc) is 3.17. The lowest BCUT2D eigenvalue weighted by Gasteiger charge is -2.09. The normalized spacial score (nSPS) is 13.1. The third kappa shape index (κ3) is 8.61. The highest BCUT2D eigenvalue weighted by Gasteiger charge is 2.38. The summed E-state index contributed by atoms with van der Waals surface area (Å²) in [5.41, 5.74) is 2.65. The van der Waals surface area contributed by atoms with E-state index in [1.54, 1.807) is 12.4 Å². The van der Waals surface area contributed by atoms with Crippen molar-refractivity contribution in [1.29, 1.82) is 0 Å². The Labute approximate surface area is 177 Å². The van der Waals surface area contributed by atoms with Gasteiger partial charge in [-0.1, -0.05) is 0 Å². The monoisotopic (exact) mass is 519 g/mol. The number of carbonyl (C=O) groups is 2. The van der Waals surface area contributed by atoms with Crippen molar-refractivity contribution in [1.82, 2.24) is 15.3 Å². The van der Waals surface area contributed by atoms with E-state index in [2.05, 4.69) is 41.5 Å². The molecule has 4 N–H and O–H groups in total. The van der Waals surface area contributed by atoms with E-state index in [0.29, 0.717) is 0 Å². The summed E-state index contributed by atoms with van der Waals surface area (Å²) in [5, 5.41) is 20.6. The number of aromatic nitrogens is 2. The zero-order chi connectivity index (χ0) is 23.8. The molecular weight excluding hydrogens is 508 g/mol. The molecule has 0 fully saturated rings. The minimum atomic E-state index is -5.08. The lowest BCUT2D eigenvalue weighted by atomic mass is 10.2. The van der Waals surface area contributed by atoms with Crippen molar-refractivity contribution >= 4 is 50.5 Å². The number of halogens is 7. The molecule has 0 aliphatic carbocycles. The maximum Gasteiger partial charge on any atom is 0.490 e. The van der Waals surface area contributed by atoms with Crippen LogP contribution in [0.1, 0.15) is 0 Å². The van der Waals surface area contributed by atoms with Crippen molar-refractivity contribution in [3.05, 3.63) is 29.0 Å². The Morgan fingerprint density at radius 2 is 1.52 bits per heavy atom. The maximum absolute atomic E-state index is 10.6. The number of carboxylic acids is 2. The number of hydrogen-bond donors (Lipinski definition) is 4. The van der Waals surface area contributed by atoms with E-state index in [1.165, 1.54) is 0 Å². The summed E-state index contributed by atoms with van der Waals surface area (Å²) >= 11 is 3.54. The Morgan fingerprint density at radius 3 is 1.97 bits per heavy atom. The molecule has 16 heteroatoms. The third-order valence-corrected chi connectivity index (χ3v) is 3.79. The molecule has 170 valence electrons. The zero-order valence-corrected chi connectivity index (χ0v) is 16.5. The van der Waals surface area contributed by atoms with Gasteiger partial charge in [0.2, 0.25) is 0 Å². The van der Waals surface area contributed by atoms with Crippen molar-refractivity contribution < 1.29 is 46.1 Å². The molecule has 0 bridgehead atoms. The van der Waals surface area contributed by atoms with E-state index >= 15 is 0 Å². The van der Waals surface area contributed by atoms with Crippen LogP contribution in [-0.2, 0) is 9.59 Å². The number of aliphatic carboxylic acids is 2. The fraction of sp³-hybridized carbons (Fsp3) is 0.267. The lowest BCUT2D eigenvalue weighted by Crippen LogP contribution is -2.26. The van der Waals surface area contributed by atoms with E-state index in [1.807, 2.05) is 12.1 Å². The molecule has 1 aromatic heterocycles. The van der Waals surface area contributed by atoms with Gasteiger partial charge in [-0.15, -0.1) is 0 Å². The highest BCUT2D eigenvalue weighted by molar-refractivity contribution is 9.10. The first-order chi connectivity index (χ1) is 14.2. The lowest BCUT2D eigenvalue weighted by molar-refractivity contribution is -0.193. The summed E-state index contributed by atoms with van der Waals surface area (Å²) in [4.78, 5) is 30.6. The molecule has 31 heavy (non-hydrogen) atoms. The molecule has 0 saturated heterocycles. The number of nitrogens with one attached hydrogen (secondary N) is 2. The SMILES string of the molecule is Brc1c(NC2=NCCN2)ccc2nccnc12.O=C(O)C(F)(F)F.O=C(O)C(F)(F)F. The second-order valence-corrected chi connectivity index (χ2v) is 6.03. The highest BCUT2D eigenvalue weighted by Crippen LogP contribution is 2.28. The zero-order valence-electron chi connectivity index (χ0n) is 14.9. The van der Waals surface area contributed by atoms with Crippen molar-refractivity contribution in [2.24, 2.45) is 4.99 Å². The van der Waals surface area contributed by atoms with Crippen LogP contribution in [0.5, 0.6) is 0 Å². The molecule has 1 aliphatic rings. The quantitative estimate of drug-likeness (QED) is 0.422. The first kappa shape index (κ1) is 25.9. The van der Waals surface area contributed by atoms with E-state index in [9.17, 15) is 26.3 Å². The fourth-order valence-electron chi connectivity index (χ4n) is 1.71. The summed E-state index contributed by atoms with van der Waals surface area (Å²) in [6.45, 7) is 1.70. The van der Waals surface area contributed by atoms with Crippen LogP contribution in [0.4, 0.5) is 32.0 Å². The number of aliphatic imine (C=N–C) groups is 1. The minimum Gasteiger partial charge on any atom is -0.475 e. The Balaban J connectivity index is 0.000000288. The van der Waals surface area contributed by atoms with Gasteiger partial charge in [-0.05, 0) is 28.1 Å². The van der Waals surface area contributed by atoms with Gasteiger partial charge in [0.25, 0.3) is 0 Å². The number of rotatable bonds is 1. The van der Waals surface area contributed by atoms with Crippen LogP contribution in [0.15, 0.2) is 34.0 Å². The molecule has 0 atom stereocenters. The largest absolute Gasteiger partial charge is 0.490 e. The predicted octanol–water partition coefficient (Wildman–Crippen LogP) is 3.03. The van der Waals surface area contributed by atoms with Gasteiger partial charge in [-0.2, -0.15) is 26.3 Å². The van der Waals surface area contributed by atoms with Gasteiger partial charge in [0, 0.05) is 18.9 Å². The predicted molar refractivity (Wildman–Crippen MR) is 98.5 cm³/mol. The van der Waals surface area contributed by atoms with Crippen LogP contribution < -0.4 is 10.6 Å². The number of alkyl halides is 6. The summed E-state index contributed by atoms with van der Waals surface area (Å²) in [6.07, 6.45) is -6.80. The number of hydrogen-bond acceptors (Lipinski definition) is 7. The Morgan fingerprint density at radius 1 is 1.00 bits per heavy atom. The van der Waals surface area contributed by atoms with Gasteiger partial charge in [-0.3, -0.25) is 15.0 Å². The molecule has 9 nitrogen and oxygen atoms in total. The molecule has 0 spiro atoms. The summed E-state index contributed by atoms with van der Waals surface area (Å²) in [7, 11) is 0.